The molecular weight excluding hydrogens is 322 g/mol. The summed E-state index contributed by atoms with van der Waals surface area (Å²) in [5, 5.41) is 3.51. The molecule has 1 N–H and O–H groups in total. The number of hydrogen-bond acceptors (Lipinski definition) is 3. The Labute approximate surface area is 146 Å². The van der Waals surface area contributed by atoms with Gasteiger partial charge in [-0.05, 0) is 31.4 Å². The normalized spacial score (nSPS) is 22.9. The van der Waals surface area contributed by atoms with E-state index in [1.54, 1.807) is 0 Å². The van der Waals surface area contributed by atoms with Crippen molar-refractivity contribution >= 4 is 17.7 Å². The van der Waals surface area contributed by atoms with Crippen LogP contribution in [-0.2, 0) is 13.0 Å². The topological polar surface area (TPSA) is 46.9 Å². The maximum Gasteiger partial charge on any atom is 0.257 e. The molecule has 4 rings (SSSR count). The molecule has 5 heteroatoms. The Morgan fingerprint density at radius 2 is 2.12 bits per heavy atom. The van der Waals surface area contributed by atoms with Gasteiger partial charge < -0.3 is 5.32 Å². The van der Waals surface area contributed by atoms with Crippen LogP contribution in [0.4, 0.5) is 0 Å². The molecule has 3 unspecified atom stereocenters. The van der Waals surface area contributed by atoms with E-state index in [0.29, 0.717) is 13.0 Å². The van der Waals surface area contributed by atoms with Gasteiger partial charge in [-0.15, -0.1) is 11.6 Å². The van der Waals surface area contributed by atoms with Crippen LogP contribution in [0.15, 0.2) is 41.2 Å². The first-order valence-electron chi connectivity index (χ1n) is 8.40. The van der Waals surface area contributed by atoms with Crippen molar-refractivity contribution in [3.8, 4) is 0 Å². The van der Waals surface area contributed by atoms with Crippen molar-refractivity contribution in [3.05, 3.63) is 69.4 Å². The molecule has 2 aromatic rings. The molecule has 0 spiro atoms. The fraction of sp³-hybridized carbons (Fsp3) is 0.368. The Morgan fingerprint density at radius 3 is 2.92 bits per heavy atom. The van der Waals surface area contributed by atoms with Crippen molar-refractivity contribution < 1.29 is 0 Å². The molecule has 3 atom stereocenters. The molecule has 0 amide bonds. The van der Waals surface area contributed by atoms with Gasteiger partial charge in [0.15, 0.2) is 0 Å². The van der Waals surface area contributed by atoms with Gasteiger partial charge in [0.05, 0.1) is 17.1 Å². The molecule has 2 aliphatic rings. The predicted octanol–water partition coefficient (Wildman–Crippen LogP) is 3.22. The standard InChI is InChI=1S/C19H20ClN3O/c1-12(13-5-3-2-4-6-13)21-17-9-10-23-18(17)22-16-8-7-14(20)11-15(16)19(23)24/h2-8,12,14,17,21H,9-11H2,1H3. The molecule has 4 nitrogen and oxygen atoms in total. The lowest BCUT2D eigenvalue weighted by Crippen LogP contribution is -2.31. The van der Waals surface area contributed by atoms with Crippen LogP contribution in [0, 0.1) is 0 Å². The smallest absolute Gasteiger partial charge is 0.257 e. The maximum atomic E-state index is 12.8. The van der Waals surface area contributed by atoms with E-state index in [0.717, 1.165) is 23.5 Å². The Bertz CT molecular complexity index is 844. The number of halogens is 1. The third-order valence-electron chi connectivity index (χ3n) is 4.89. The van der Waals surface area contributed by atoms with Crippen molar-refractivity contribution in [3.63, 3.8) is 0 Å². The van der Waals surface area contributed by atoms with Gasteiger partial charge in [-0.25, -0.2) is 4.98 Å². The zero-order valence-corrected chi connectivity index (χ0v) is 14.3. The molecule has 24 heavy (non-hydrogen) atoms. The fourth-order valence-corrected chi connectivity index (χ4v) is 3.81. The number of hydrogen-bond donors (Lipinski definition) is 1. The molecule has 0 radical (unpaired) electrons. The van der Waals surface area contributed by atoms with Gasteiger partial charge in [-0.3, -0.25) is 9.36 Å². The van der Waals surface area contributed by atoms with Crippen molar-refractivity contribution in [1.82, 2.24) is 14.9 Å². The van der Waals surface area contributed by atoms with Gasteiger partial charge in [0, 0.05) is 18.2 Å². The Hall–Kier alpha value is -1.91. The van der Waals surface area contributed by atoms with E-state index in [9.17, 15) is 4.79 Å². The summed E-state index contributed by atoms with van der Waals surface area (Å²) < 4.78 is 1.82. The van der Waals surface area contributed by atoms with Gasteiger partial charge in [-0.1, -0.05) is 36.4 Å². The van der Waals surface area contributed by atoms with Crippen LogP contribution < -0.4 is 10.9 Å². The van der Waals surface area contributed by atoms with Gasteiger partial charge in [0.25, 0.3) is 5.56 Å². The molecule has 124 valence electrons. The summed E-state index contributed by atoms with van der Waals surface area (Å²) in [6.45, 7) is 2.86. The number of benzene rings is 1. The summed E-state index contributed by atoms with van der Waals surface area (Å²) in [5.41, 5.74) is 2.84. The molecule has 1 aromatic heterocycles. The minimum atomic E-state index is -0.112. The minimum absolute atomic E-state index is 0.0710. The predicted molar refractivity (Wildman–Crippen MR) is 96.2 cm³/mol. The number of fused-ring (bicyclic) bond motifs is 2. The number of allylic oxidation sites excluding steroid dienone is 1. The summed E-state index contributed by atoms with van der Waals surface area (Å²) in [7, 11) is 0. The highest BCUT2D eigenvalue weighted by molar-refractivity contribution is 6.22. The third-order valence-corrected chi connectivity index (χ3v) is 5.19. The number of alkyl halides is 1. The maximum absolute atomic E-state index is 12.8. The minimum Gasteiger partial charge on any atom is -0.301 e. The third kappa shape index (κ3) is 2.70. The first kappa shape index (κ1) is 15.6. The second kappa shape index (κ2) is 6.19. The first-order valence-corrected chi connectivity index (χ1v) is 8.84. The fourth-order valence-electron chi connectivity index (χ4n) is 3.58. The molecule has 0 bridgehead atoms. The molecule has 2 heterocycles. The average molecular weight is 342 g/mol. The van der Waals surface area contributed by atoms with Crippen molar-refractivity contribution in [2.75, 3.05) is 0 Å². The van der Waals surface area contributed by atoms with Crippen molar-refractivity contribution in [2.45, 2.75) is 43.8 Å². The highest BCUT2D eigenvalue weighted by Crippen LogP contribution is 2.28. The summed E-state index contributed by atoms with van der Waals surface area (Å²) in [6.07, 6.45) is 5.25. The molecule has 1 aliphatic carbocycles. The van der Waals surface area contributed by atoms with Gasteiger partial charge in [0.2, 0.25) is 0 Å². The van der Waals surface area contributed by atoms with Crippen LogP contribution in [0.5, 0.6) is 0 Å². The van der Waals surface area contributed by atoms with Crippen LogP contribution in [-0.4, -0.2) is 14.9 Å². The summed E-state index contributed by atoms with van der Waals surface area (Å²) >= 11 is 6.16. The van der Waals surface area contributed by atoms with Crippen LogP contribution in [0.1, 0.15) is 48.1 Å². The van der Waals surface area contributed by atoms with E-state index in [4.69, 9.17) is 16.6 Å². The van der Waals surface area contributed by atoms with E-state index in [2.05, 4.69) is 24.4 Å². The van der Waals surface area contributed by atoms with Crippen LogP contribution >= 0.6 is 11.6 Å². The highest BCUT2D eigenvalue weighted by Gasteiger charge is 2.29. The molecule has 1 aromatic carbocycles. The van der Waals surface area contributed by atoms with E-state index < -0.39 is 0 Å². The Balaban J connectivity index is 1.65. The monoisotopic (exact) mass is 341 g/mol. The van der Waals surface area contributed by atoms with Crippen LogP contribution in [0.25, 0.3) is 6.08 Å². The summed E-state index contributed by atoms with van der Waals surface area (Å²) in [4.78, 5) is 17.5. The van der Waals surface area contributed by atoms with Gasteiger partial charge >= 0.3 is 0 Å². The molecule has 0 fully saturated rings. The van der Waals surface area contributed by atoms with Gasteiger partial charge in [0.1, 0.15) is 5.82 Å². The first-order chi connectivity index (χ1) is 11.6. The largest absolute Gasteiger partial charge is 0.301 e. The van der Waals surface area contributed by atoms with Gasteiger partial charge in [-0.2, -0.15) is 0 Å². The molecular formula is C19H20ClN3O. The van der Waals surface area contributed by atoms with E-state index in [1.165, 1.54) is 5.56 Å². The zero-order valence-electron chi connectivity index (χ0n) is 13.6. The number of nitrogens with zero attached hydrogens (tertiary/aromatic N) is 2. The quantitative estimate of drug-likeness (QED) is 0.872. The van der Waals surface area contributed by atoms with E-state index in [1.807, 2.05) is 34.9 Å². The lowest BCUT2D eigenvalue weighted by atomic mass is 10.0. The lowest BCUT2D eigenvalue weighted by Gasteiger charge is -2.21. The van der Waals surface area contributed by atoms with Crippen molar-refractivity contribution in [2.24, 2.45) is 0 Å². The Morgan fingerprint density at radius 1 is 1.33 bits per heavy atom. The molecule has 0 saturated carbocycles. The second-order valence-corrected chi connectivity index (χ2v) is 7.07. The van der Waals surface area contributed by atoms with E-state index >= 15 is 0 Å². The number of nitrogens with one attached hydrogen (secondary N) is 1. The average Bonchev–Trinajstić information content (AvgIpc) is 2.99. The molecule has 0 saturated heterocycles. The second-order valence-electron chi connectivity index (χ2n) is 6.51. The van der Waals surface area contributed by atoms with Crippen LogP contribution in [0.2, 0.25) is 0 Å². The summed E-state index contributed by atoms with van der Waals surface area (Å²) in [5.74, 6) is 0.846. The van der Waals surface area contributed by atoms with Crippen molar-refractivity contribution in [1.29, 1.82) is 0 Å². The number of rotatable bonds is 3. The number of aromatic nitrogens is 2. The van der Waals surface area contributed by atoms with E-state index in [-0.39, 0.29) is 23.0 Å². The highest BCUT2D eigenvalue weighted by atomic mass is 35.5. The van der Waals surface area contributed by atoms with Crippen LogP contribution in [0.3, 0.4) is 0 Å². The zero-order chi connectivity index (χ0) is 16.7. The lowest BCUT2D eigenvalue weighted by molar-refractivity contribution is 0.458. The Kier molecular flexibility index (Phi) is 4.02. The summed E-state index contributed by atoms with van der Waals surface area (Å²) in [6, 6.07) is 10.6. The SMILES string of the molecule is CC(NC1CCn2c1nc1c(c2=O)CC(Cl)C=C1)c1ccccc1. The molecule has 1 aliphatic heterocycles.